The summed E-state index contributed by atoms with van der Waals surface area (Å²) in [6, 6.07) is 0. The topological polar surface area (TPSA) is 52.4 Å². The first-order chi connectivity index (χ1) is 3.42. The van der Waals surface area contributed by atoms with Gasteiger partial charge in [0.25, 0.3) is 0 Å². The van der Waals surface area contributed by atoms with Crippen LogP contribution in [0.4, 0.5) is 0 Å². The molecule has 0 N–H and O–H groups in total. The van der Waals surface area contributed by atoms with Crippen LogP contribution in [0.1, 0.15) is 0 Å². The van der Waals surface area contributed by atoms with Crippen LogP contribution in [0.2, 0.25) is 17.3 Å². The molecule has 0 fully saturated rings. The van der Waals surface area contributed by atoms with Gasteiger partial charge in [-0.1, -0.05) is 0 Å². The Bertz CT molecular complexity index is 97.2. The van der Waals surface area contributed by atoms with Crippen molar-refractivity contribution >= 4 is 13.6 Å². The summed E-state index contributed by atoms with van der Waals surface area (Å²) in [5.74, 6) is 5.42. The fraction of sp³-hybridized carbons (Fsp3) is 1.00. The van der Waals surface area contributed by atoms with E-state index in [-0.39, 0.29) is 0 Å². The van der Waals surface area contributed by atoms with Crippen molar-refractivity contribution in [2.75, 3.05) is 0 Å². The molecule has 0 amide bonds. The molecule has 4 nitrogen and oxygen atoms in total. The van der Waals surface area contributed by atoms with Crippen LogP contribution in [0.3, 0.4) is 0 Å². The zero-order valence-electron chi connectivity index (χ0n) is 5.17. The third-order valence-corrected chi connectivity index (χ3v) is 1.81. The van der Waals surface area contributed by atoms with Crippen molar-refractivity contribution in [3.8, 4) is 0 Å². The summed E-state index contributed by atoms with van der Waals surface area (Å²) in [7, 11) is 0. The molecule has 0 atom stereocenters. The summed E-state index contributed by atoms with van der Waals surface area (Å²) in [5, 5.41) is 8.94. The molecule has 0 aromatic carbocycles. The van der Waals surface area contributed by atoms with Gasteiger partial charge in [-0.2, -0.15) is 0 Å². The molecule has 0 aromatic heterocycles. The second-order valence-corrected chi connectivity index (χ2v) is 11.7. The Morgan fingerprint density at radius 1 is 1.50 bits per heavy atom. The Morgan fingerprint density at radius 2 is 1.88 bits per heavy atom. The van der Waals surface area contributed by atoms with Crippen LogP contribution >= 0.6 is 0 Å². The number of hydrogen-bond acceptors (Lipinski definition) is 3. The quantitative estimate of drug-likeness (QED) is 0.362. The minimum atomic E-state index is -2.35. The second-order valence-electron chi connectivity index (χ2n) is 2.43. The molecule has 0 saturated heterocycles. The van der Waals surface area contributed by atoms with Gasteiger partial charge in [0, 0.05) is 0 Å². The zero-order chi connectivity index (χ0) is 6.78. The molecule has 0 heterocycles. The van der Waals surface area contributed by atoms with Crippen LogP contribution in [-0.4, -0.2) is 18.7 Å². The van der Waals surface area contributed by atoms with E-state index in [0.29, 0.717) is 0 Å². The molecule has 0 unspecified atom stereocenters. The monoisotopic (exact) mass is 181 g/mol. The molecular weight excluding hydrogens is 171 g/mol. The molecule has 0 aliphatic carbocycles. The molecule has 0 saturated carbocycles. The molecule has 0 aromatic rings. The molecule has 48 valence electrons. The van der Waals surface area contributed by atoms with Gasteiger partial charge in [0.05, 0.1) is 0 Å². The fourth-order valence-electron chi connectivity index (χ4n) is 0.224. The van der Waals surface area contributed by atoms with E-state index >= 15 is 0 Å². The Balaban J connectivity index is 3.55. The van der Waals surface area contributed by atoms with Gasteiger partial charge in [0.1, 0.15) is 0 Å². The maximum atomic E-state index is 9.65. The van der Waals surface area contributed by atoms with E-state index < -0.39 is 18.7 Å². The second kappa shape index (κ2) is 2.34. The normalized spacial score (nSPS) is 10.9. The Morgan fingerprint density at radius 3 is 1.88 bits per heavy atom. The van der Waals surface area contributed by atoms with E-state index in [1.54, 1.807) is 0 Å². The number of nitrogens with zero attached hydrogens (tertiary/aromatic N) is 1. The van der Waals surface area contributed by atoms with Crippen LogP contribution < -0.4 is 0 Å². The predicted octanol–water partition coefficient (Wildman–Crippen LogP) is 1.03. The van der Waals surface area contributed by atoms with E-state index in [1.807, 2.05) is 17.3 Å². The molecule has 0 spiro atoms. The van der Waals surface area contributed by atoms with E-state index in [4.69, 9.17) is 0 Å². The van der Waals surface area contributed by atoms with Gasteiger partial charge < -0.3 is 0 Å². The molecule has 0 radical (unpaired) electrons. The van der Waals surface area contributed by atoms with Gasteiger partial charge >= 0.3 is 49.9 Å². The summed E-state index contributed by atoms with van der Waals surface area (Å²) in [6.45, 7) is 0. The molecule has 0 aliphatic heterocycles. The van der Waals surface area contributed by atoms with E-state index in [0.717, 1.165) is 0 Å². The Hall–Kier alpha value is -0.257. The van der Waals surface area contributed by atoms with Gasteiger partial charge in [0.15, 0.2) is 0 Å². The Labute approximate surface area is 50.6 Å². The van der Waals surface area contributed by atoms with Crippen molar-refractivity contribution in [1.82, 2.24) is 0 Å². The third kappa shape index (κ3) is 5.74. The van der Waals surface area contributed by atoms with Crippen molar-refractivity contribution in [2.24, 2.45) is 0 Å². The third-order valence-electron chi connectivity index (χ3n) is 0.348. The minimum absolute atomic E-state index is 0.708. The SMILES string of the molecule is [CH3][Ge]([CH3])([CH3])[O][N+](=O)[O-]. The first-order valence-electron chi connectivity index (χ1n) is 2.25. The molecule has 8 heavy (non-hydrogen) atoms. The average Bonchev–Trinajstić information content (AvgIpc) is 1.21. The van der Waals surface area contributed by atoms with Crippen molar-refractivity contribution in [3.05, 3.63) is 10.1 Å². The molecule has 0 aliphatic rings. The molecule has 5 heteroatoms. The van der Waals surface area contributed by atoms with Crippen molar-refractivity contribution in [2.45, 2.75) is 17.3 Å². The summed E-state index contributed by atoms with van der Waals surface area (Å²) >= 11 is -2.35. The zero-order valence-corrected chi connectivity index (χ0v) is 7.27. The van der Waals surface area contributed by atoms with Crippen molar-refractivity contribution < 1.29 is 8.95 Å². The standard InChI is InChI=1S/C3H9GeNO3/c1-4(2,3)8-5(6)7/h1-3H3. The van der Waals surface area contributed by atoms with Crippen LogP contribution in [0.15, 0.2) is 0 Å². The summed E-state index contributed by atoms with van der Waals surface area (Å²) < 4.78 is 4.35. The Kier molecular flexibility index (Phi) is 2.27. The van der Waals surface area contributed by atoms with Crippen LogP contribution in [0.25, 0.3) is 0 Å². The van der Waals surface area contributed by atoms with Gasteiger partial charge in [-0.25, -0.2) is 0 Å². The van der Waals surface area contributed by atoms with Crippen molar-refractivity contribution in [1.29, 1.82) is 0 Å². The van der Waals surface area contributed by atoms with Crippen LogP contribution in [0, 0.1) is 10.1 Å². The average molecular weight is 180 g/mol. The summed E-state index contributed by atoms with van der Waals surface area (Å²) in [6.07, 6.45) is 0. The molecule has 0 rings (SSSR count). The van der Waals surface area contributed by atoms with Crippen molar-refractivity contribution in [3.63, 3.8) is 0 Å². The van der Waals surface area contributed by atoms with Gasteiger partial charge in [-0.05, 0) is 0 Å². The van der Waals surface area contributed by atoms with E-state index in [9.17, 15) is 10.1 Å². The predicted molar refractivity (Wildman–Crippen MR) is 31.4 cm³/mol. The van der Waals surface area contributed by atoms with Gasteiger partial charge in [0.2, 0.25) is 0 Å². The maximum absolute atomic E-state index is 9.65. The van der Waals surface area contributed by atoms with Gasteiger partial charge in [-0.15, -0.1) is 0 Å². The van der Waals surface area contributed by atoms with E-state index in [1.165, 1.54) is 0 Å². The molecular formula is C3H9GeNO3. The number of rotatable bonds is 2. The summed E-state index contributed by atoms with van der Waals surface area (Å²) in [4.78, 5) is 9.65. The van der Waals surface area contributed by atoms with Crippen LogP contribution in [0.5, 0.6) is 0 Å². The first-order valence-corrected chi connectivity index (χ1v) is 9.40. The number of hydrogen-bond donors (Lipinski definition) is 0. The van der Waals surface area contributed by atoms with Crippen LogP contribution in [-0.2, 0) is 3.86 Å². The molecule has 0 bridgehead atoms. The first kappa shape index (κ1) is 7.74. The fourth-order valence-corrected chi connectivity index (χ4v) is 1.16. The summed E-state index contributed by atoms with van der Waals surface area (Å²) in [5.41, 5.74) is 0. The van der Waals surface area contributed by atoms with Gasteiger partial charge in [-0.3, -0.25) is 0 Å². The van der Waals surface area contributed by atoms with E-state index in [2.05, 4.69) is 3.86 Å².